The summed E-state index contributed by atoms with van der Waals surface area (Å²) in [6.45, 7) is 7.17. The van der Waals surface area contributed by atoms with Crippen molar-refractivity contribution in [3.8, 4) is 11.4 Å². The summed E-state index contributed by atoms with van der Waals surface area (Å²) in [4.78, 5) is 17.8. The first kappa shape index (κ1) is 20.0. The molecule has 0 bridgehead atoms. The lowest BCUT2D eigenvalue weighted by Crippen LogP contribution is -2.46. The fourth-order valence-corrected chi connectivity index (χ4v) is 3.72. The second-order valence-electron chi connectivity index (χ2n) is 7.22. The molecule has 4 rings (SSSR count). The average molecular weight is 406 g/mol. The molecule has 1 amide bonds. The van der Waals surface area contributed by atoms with Crippen molar-refractivity contribution in [3.63, 3.8) is 0 Å². The summed E-state index contributed by atoms with van der Waals surface area (Å²) < 4.78 is 7.07. The van der Waals surface area contributed by atoms with Crippen molar-refractivity contribution in [1.29, 1.82) is 0 Å². The van der Waals surface area contributed by atoms with Crippen LogP contribution >= 0.6 is 0 Å². The molecule has 0 radical (unpaired) electrons. The third-order valence-corrected chi connectivity index (χ3v) is 5.45. The molecular weight excluding hydrogens is 378 g/mol. The molecule has 1 fully saturated rings. The van der Waals surface area contributed by atoms with Crippen molar-refractivity contribution in [3.05, 3.63) is 66.5 Å². The van der Waals surface area contributed by atoms with E-state index in [9.17, 15) is 4.79 Å². The Morgan fingerprint density at radius 1 is 1.03 bits per heavy atom. The number of aromatic nitrogens is 2. The van der Waals surface area contributed by atoms with Crippen molar-refractivity contribution in [2.75, 3.05) is 50.1 Å². The number of hydrogen-bond acceptors (Lipinski definition) is 5. The van der Waals surface area contributed by atoms with Crippen LogP contribution in [0.4, 0.5) is 11.4 Å². The van der Waals surface area contributed by atoms with Gasteiger partial charge >= 0.3 is 0 Å². The minimum Gasteiger partial charge on any atom is -0.493 e. The lowest BCUT2D eigenvalue weighted by molar-refractivity contribution is 0.101. The largest absolute Gasteiger partial charge is 0.493 e. The van der Waals surface area contributed by atoms with Crippen LogP contribution in [0.1, 0.15) is 17.4 Å². The zero-order valence-corrected chi connectivity index (χ0v) is 17.4. The number of methoxy groups -OCH3 is 1. The maximum Gasteiger partial charge on any atom is 0.280 e. The Kier molecular flexibility index (Phi) is 5.99. The Morgan fingerprint density at radius 3 is 2.43 bits per heavy atom. The van der Waals surface area contributed by atoms with Crippen LogP contribution in [-0.4, -0.2) is 60.4 Å². The van der Waals surface area contributed by atoms with E-state index in [-0.39, 0.29) is 11.6 Å². The summed E-state index contributed by atoms with van der Waals surface area (Å²) in [5, 5.41) is 7.51. The minimum atomic E-state index is -0.291. The highest BCUT2D eigenvalue weighted by atomic mass is 16.5. The minimum absolute atomic E-state index is 0.256. The number of carbonyl (C=O) groups is 1. The van der Waals surface area contributed by atoms with Gasteiger partial charge in [0.25, 0.3) is 5.91 Å². The van der Waals surface area contributed by atoms with Gasteiger partial charge in [-0.15, -0.1) is 0 Å². The SMILES string of the molecule is CCN1CCN(c2ccccc2NC(=O)c2nn(-c3ccccc3)cc2OC)CC1. The number of hydrogen-bond donors (Lipinski definition) is 1. The predicted octanol–water partition coefficient (Wildman–Crippen LogP) is 3.28. The zero-order valence-electron chi connectivity index (χ0n) is 17.4. The van der Waals surface area contributed by atoms with Crippen LogP contribution in [0, 0.1) is 0 Å². The number of ether oxygens (including phenoxy) is 1. The average Bonchev–Trinajstić information content (AvgIpc) is 3.25. The molecule has 0 atom stereocenters. The Morgan fingerprint density at radius 2 is 1.73 bits per heavy atom. The van der Waals surface area contributed by atoms with Gasteiger partial charge in [-0.05, 0) is 30.8 Å². The first-order valence-corrected chi connectivity index (χ1v) is 10.3. The number of amides is 1. The molecule has 0 unspecified atom stereocenters. The van der Waals surface area contributed by atoms with Crippen LogP contribution in [0.25, 0.3) is 5.69 Å². The second-order valence-corrected chi connectivity index (χ2v) is 7.22. The number of rotatable bonds is 6. The number of piperazine rings is 1. The van der Waals surface area contributed by atoms with E-state index in [4.69, 9.17) is 4.74 Å². The van der Waals surface area contributed by atoms with Crippen molar-refractivity contribution in [1.82, 2.24) is 14.7 Å². The van der Waals surface area contributed by atoms with Crippen LogP contribution < -0.4 is 15.0 Å². The molecule has 7 heteroatoms. The molecule has 2 aromatic carbocycles. The van der Waals surface area contributed by atoms with Crippen molar-refractivity contribution in [2.24, 2.45) is 0 Å². The predicted molar refractivity (Wildman–Crippen MR) is 119 cm³/mol. The topological polar surface area (TPSA) is 62.6 Å². The van der Waals surface area contributed by atoms with E-state index in [1.807, 2.05) is 48.5 Å². The van der Waals surface area contributed by atoms with Crippen LogP contribution in [0.2, 0.25) is 0 Å². The third-order valence-electron chi connectivity index (χ3n) is 5.45. The van der Waals surface area contributed by atoms with Crippen LogP contribution in [0.3, 0.4) is 0 Å². The smallest absolute Gasteiger partial charge is 0.280 e. The molecule has 7 nitrogen and oxygen atoms in total. The van der Waals surface area contributed by atoms with Gasteiger partial charge in [0.2, 0.25) is 0 Å². The van der Waals surface area contributed by atoms with Gasteiger partial charge in [0.05, 0.1) is 30.4 Å². The Hall–Kier alpha value is -3.32. The second kappa shape index (κ2) is 9.00. The molecule has 1 aliphatic rings. The Labute approximate surface area is 176 Å². The summed E-state index contributed by atoms with van der Waals surface area (Å²) in [5.41, 5.74) is 2.93. The van der Waals surface area contributed by atoms with E-state index < -0.39 is 0 Å². The summed E-state index contributed by atoms with van der Waals surface area (Å²) in [6, 6.07) is 17.6. The van der Waals surface area contributed by atoms with Gasteiger partial charge in [-0.1, -0.05) is 37.3 Å². The van der Waals surface area contributed by atoms with Crippen LogP contribution in [0.5, 0.6) is 5.75 Å². The van der Waals surface area contributed by atoms with Crippen LogP contribution in [-0.2, 0) is 0 Å². The molecule has 156 valence electrons. The quantitative estimate of drug-likeness (QED) is 0.682. The number of anilines is 2. The number of carbonyl (C=O) groups excluding carboxylic acids is 1. The lowest BCUT2D eigenvalue weighted by Gasteiger charge is -2.36. The number of benzene rings is 2. The molecular formula is C23H27N5O2. The van der Waals surface area contributed by atoms with Gasteiger partial charge in [0.1, 0.15) is 0 Å². The highest BCUT2D eigenvalue weighted by Crippen LogP contribution is 2.28. The number of para-hydroxylation sites is 3. The molecule has 30 heavy (non-hydrogen) atoms. The molecule has 3 aromatic rings. The maximum absolute atomic E-state index is 13.1. The summed E-state index contributed by atoms with van der Waals surface area (Å²) >= 11 is 0. The van der Waals surface area contributed by atoms with E-state index in [1.54, 1.807) is 18.0 Å². The lowest BCUT2D eigenvalue weighted by atomic mass is 10.2. The molecule has 0 saturated carbocycles. The number of likely N-dealkylation sites (N-methyl/N-ethyl adjacent to an activating group) is 1. The standard InChI is InChI=1S/C23H27N5O2/c1-3-26-13-15-27(16-14-26)20-12-8-7-11-19(20)24-23(29)22-21(30-2)17-28(25-22)18-9-5-4-6-10-18/h4-12,17H,3,13-16H2,1-2H3,(H,24,29). The van der Waals surface area contributed by atoms with Gasteiger partial charge in [-0.25, -0.2) is 4.68 Å². The normalized spacial score (nSPS) is 14.5. The van der Waals surface area contributed by atoms with Gasteiger partial charge in [0.15, 0.2) is 11.4 Å². The summed E-state index contributed by atoms with van der Waals surface area (Å²) in [6.07, 6.45) is 1.72. The molecule has 1 N–H and O–H groups in total. The van der Waals surface area contributed by atoms with Gasteiger partial charge < -0.3 is 19.9 Å². The molecule has 1 aromatic heterocycles. The Balaban J connectivity index is 1.56. The maximum atomic E-state index is 13.1. The summed E-state index contributed by atoms with van der Waals surface area (Å²) in [5.74, 6) is 0.145. The van der Waals surface area contributed by atoms with Gasteiger partial charge in [-0.2, -0.15) is 5.10 Å². The molecule has 1 aliphatic heterocycles. The van der Waals surface area contributed by atoms with E-state index in [0.717, 1.165) is 49.8 Å². The Bertz CT molecular complexity index is 994. The van der Waals surface area contributed by atoms with Gasteiger partial charge in [-0.3, -0.25) is 4.79 Å². The van der Waals surface area contributed by atoms with Crippen molar-refractivity contribution in [2.45, 2.75) is 6.92 Å². The number of nitrogens with one attached hydrogen (secondary N) is 1. The van der Waals surface area contributed by atoms with E-state index in [0.29, 0.717) is 5.75 Å². The fourth-order valence-electron chi connectivity index (χ4n) is 3.72. The zero-order chi connectivity index (χ0) is 20.9. The van der Waals surface area contributed by atoms with Crippen molar-refractivity contribution < 1.29 is 9.53 Å². The molecule has 2 heterocycles. The first-order valence-electron chi connectivity index (χ1n) is 10.3. The molecule has 0 spiro atoms. The first-order chi connectivity index (χ1) is 14.7. The fraction of sp³-hybridized carbons (Fsp3) is 0.304. The van der Waals surface area contributed by atoms with Gasteiger partial charge in [0, 0.05) is 26.2 Å². The monoisotopic (exact) mass is 405 g/mol. The van der Waals surface area contributed by atoms with Crippen molar-refractivity contribution >= 4 is 17.3 Å². The molecule has 0 aliphatic carbocycles. The highest BCUT2D eigenvalue weighted by molar-refractivity contribution is 6.06. The summed E-state index contributed by atoms with van der Waals surface area (Å²) in [7, 11) is 1.55. The van der Waals surface area contributed by atoms with E-state index >= 15 is 0 Å². The van der Waals surface area contributed by atoms with E-state index in [2.05, 4.69) is 33.2 Å². The van der Waals surface area contributed by atoms with E-state index in [1.165, 1.54) is 0 Å². The molecule has 1 saturated heterocycles. The highest BCUT2D eigenvalue weighted by Gasteiger charge is 2.22. The number of nitrogens with zero attached hydrogens (tertiary/aromatic N) is 4. The van der Waals surface area contributed by atoms with Crippen LogP contribution in [0.15, 0.2) is 60.8 Å². The third kappa shape index (κ3) is 4.16.